The van der Waals surface area contributed by atoms with Crippen LogP contribution >= 0.6 is 15.9 Å². The second-order valence-corrected chi connectivity index (χ2v) is 13.7. The maximum Gasteiger partial charge on any atom is 0.264 e. The molecule has 0 aliphatic heterocycles. The number of carbonyl (C=O) groups excluding carboxylic acids is 2. The van der Waals surface area contributed by atoms with Gasteiger partial charge in [-0.1, -0.05) is 45.8 Å². The average Bonchev–Trinajstić information content (AvgIpc) is 2.93. The number of aryl methyl sites for hydroxylation is 1. The highest BCUT2D eigenvalue weighted by molar-refractivity contribution is 9.10. The molecule has 0 saturated heterocycles. The van der Waals surface area contributed by atoms with Crippen molar-refractivity contribution in [3.8, 4) is 11.5 Å². The zero-order valence-electron chi connectivity index (χ0n) is 25.0. The van der Waals surface area contributed by atoms with E-state index in [1.165, 1.54) is 37.3 Å². The van der Waals surface area contributed by atoms with Gasteiger partial charge >= 0.3 is 0 Å². The van der Waals surface area contributed by atoms with Crippen molar-refractivity contribution in [2.75, 3.05) is 25.1 Å². The second kappa shape index (κ2) is 13.6. The van der Waals surface area contributed by atoms with Crippen LogP contribution in [0.1, 0.15) is 38.8 Å². The molecule has 3 rings (SSSR count). The summed E-state index contributed by atoms with van der Waals surface area (Å²) >= 11 is 3.46. The van der Waals surface area contributed by atoms with Crippen LogP contribution < -0.4 is 19.1 Å². The van der Waals surface area contributed by atoms with Crippen LogP contribution in [0.25, 0.3) is 0 Å². The molecule has 9 nitrogen and oxygen atoms in total. The molecule has 42 heavy (non-hydrogen) atoms. The predicted molar refractivity (Wildman–Crippen MR) is 167 cm³/mol. The van der Waals surface area contributed by atoms with E-state index in [-0.39, 0.29) is 23.1 Å². The molecule has 2 amide bonds. The molecule has 1 atom stereocenters. The number of hydrogen-bond donors (Lipinski definition) is 1. The van der Waals surface area contributed by atoms with Crippen LogP contribution in [0.15, 0.2) is 76.1 Å². The van der Waals surface area contributed by atoms with E-state index in [9.17, 15) is 18.0 Å². The number of nitrogens with one attached hydrogen (secondary N) is 1. The quantitative estimate of drug-likeness (QED) is 0.299. The van der Waals surface area contributed by atoms with Gasteiger partial charge in [-0.2, -0.15) is 0 Å². The SMILES string of the molecule is COc1ccc(S(=O)(=O)N(CC(=O)N(Cc2cccc(Br)c2)[C@@H](C)C(=O)NC(C)(C)C)c2ccc(C)cc2)cc1OC. The number of carbonyl (C=O) groups is 2. The van der Waals surface area contributed by atoms with Crippen molar-refractivity contribution in [1.29, 1.82) is 0 Å². The molecule has 0 aliphatic carbocycles. The first-order valence-corrected chi connectivity index (χ1v) is 15.6. The van der Waals surface area contributed by atoms with Crippen molar-refractivity contribution < 1.29 is 27.5 Å². The fourth-order valence-corrected chi connectivity index (χ4v) is 6.11. The normalized spacial score (nSPS) is 12.3. The summed E-state index contributed by atoms with van der Waals surface area (Å²) in [6.07, 6.45) is 0. The van der Waals surface area contributed by atoms with E-state index in [0.29, 0.717) is 11.4 Å². The van der Waals surface area contributed by atoms with Crippen molar-refractivity contribution >= 4 is 43.5 Å². The van der Waals surface area contributed by atoms with Crippen molar-refractivity contribution in [2.45, 2.75) is 57.6 Å². The Morgan fingerprint density at radius 2 is 1.60 bits per heavy atom. The van der Waals surface area contributed by atoms with E-state index in [4.69, 9.17) is 9.47 Å². The van der Waals surface area contributed by atoms with E-state index in [0.717, 1.165) is 19.9 Å². The van der Waals surface area contributed by atoms with E-state index >= 15 is 0 Å². The number of nitrogens with zero attached hydrogens (tertiary/aromatic N) is 2. The average molecular weight is 661 g/mol. The smallest absolute Gasteiger partial charge is 0.264 e. The number of rotatable bonds is 11. The molecular weight excluding hydrogens is 622 g/mol. The molecule has 3 aromatic carbocycles. The Bertz CT molecular complexity index is 1520. The van der Waals surface area contributed by atoms with Crippen molar-refractivity contribution in [3.05, 3.63) is 82.3 Å². The Labute approximate surface area is 257 Å². The fourth-order valence-electron chi connectivity index (χ4n) is 4.23. The van der Waals surface area contributed by atoms with Crippen molar-refractivity contribution in [2.24, 2.45) is 0 Å². The van der Waals surface area contributed by atoms with Crippen LogP contribution in [0.4, 0.5) is 5.69 Å². The third-order valence-electron chi connectivity index (χ3n) is 6.45. The molecule has 1 N–H and O–H groups in total. The molecule has 0 fully saturated rings. The number of ether oxygens (including phenoxy) is 2. The molecule has 226 valence electrons. The standard InChI is InChI=1S/C31H38BrN3O6S/c1-21-11-13-25(14-12-21)35(42(38,39)26-15-16-27(40-6)28(18-26)41-7)20-29(36)34(19-23-9-8-10-24(32)17-23)22(2)30(37)33-31(3,4)5/h8-18,22H,19-20H2,1-7H3,(H,33,37)/t22-/m0/s1. The van der Waals surface area contributed by atoms with Crippen LogP contribution in [-0.2, 0) is 26.2 Å². The first-order chi connectivity index (χ1) is 19.7. The van der Waals surface area contributed by atoms with Gasteiger partial charge in [-0.25, -0.2) is 8.42 Å². The number of anilines is 1. The Balaban J connectivity index is 2.08. The summed E-state index contributed by atoms with van der Waals surface area (Å²) in [5.74, 6) is -0.294. The molecule has 0 spiro atoms. The highest BCUT2D eigenvalue weighted by Crippen LogP contribution is 2.32. The molecule has 3 aromatic rings. The van der Waals surface area contributed by atoms with Crippen LogP contribution in [-0.4, -0.2) is 57.5 Å². The summed E-state index contributed by atoms with van der Waals surface area (Å²) in [6, 6.07) is 17.6. The lowest BCUT2D eigenvalue weighted by Crippen LogP contribution is -2.54. The topological polar surface area (TPSA) is 105 Å². The monoisotopic (exact) mass is 659 g/mol. The van der Waals surface area contributed by atoms with Gasteiger partial charge in [0.1, 0.15) is 12.6 Å². The maximum absolute atomic E-state index is 14.1. The summed E-state index contributed by atoms with van der Waals surface area (Å²) in [7, 11) is -1.39. The molecule has 0 bridgehead atoms. The summed E-state index contributed by atoms with van der Waals surface area (Å²) in [5, 5.41) is 2.92. The zero-order chi connectivity index (χ0) is 31.2. The van der Waals surface area contributed by atoms with Crippen molar-refractivity contribution in [1.82, 2.24) is 10.2 Å². The van der Waals surface area contributed by atoms with Crippen LogP contribution in [0.3, 0.4) is 0 Å². The van der Waals surface area contributed by atoms with E-state index < -0.39 is 34.1 Å². The van der Waals surface area contributed by atoms with Gasteiger partial charge in [0.2, 0.25) is 11.8 Å². The van der Waals surface area contributed by atoms with Gasteiger partial charge in [0.05, 0.1) is 24.8 Å². The maximum atomic E-state index is 14.1. The predicted octanol–water partition coefficient (Wildman–Crippen LogP) is 5.30. The van der Waals surface area contributed by atoms with E-state index in [2.05, 4.69) is 21.2 Å². The molecule has 0 aromatic heterocycles. The van der Waals surface area contributed by atoms with Gasteiger partial charge in [-0.05, 0) is 76.6 Å². The second-order valence-electron chi connectivity index (χ2n) is 10.9. The van der Waals surface area contributed by atoms with Crippen LogP contribution in [0.5, 0.6) is 11.5 Å². The van der Waals surface area contributed by atoms with Crippen LogP contribution in [0, 0.1) is 6.92 Å². The van der Waals surface area contributed by atoms with Crippen LogP contribution in [0.2, 0.25) is 0 Å². The number of sulfonamides is 1. The van der Waals surface area contributed by atoms with E-state index in [1.807, 2.05) is 52.0 Å². The lowest BCUT2D eigenvalue weighted by Gasteiger charge is -2.33. The summed E-state index contributed by atoms with van der Waals surface area (Å²) in [6.45, 7) is 8.64. The minimum atomic E-state index is -4.27. The molecule has 0 saturated carbocycles. The number of benzene rings is 3. The summed E-state index contributed by atoms with van der Waals surface area (Å²) < 4.78 is 40.7. The molecule has 0 heterocycles. The molecule has 0 aliphatic rings. The molecule has 11 heteroatoms. The Hall–Kier alpha value is -3.57. The Morgan fingerprint density at radius 1 is 0.952 bits per heavy atom. The zero-order valence-corrected chi connectivity index (χ0v) is 27.4. The lowest BCUT2D eigenvalue weighted by molar-refractivity contribution is -0.140. The summed E-state index contributed by atoms with van der Waals surface area (Å²) in [4.78, 5) is 28.6. The van der Waals surface area contributed by atoms with Gasteiger partial charge in [0, 0.05) is 22.6 Å². The highest BCUT2D eigenvalue weighted by atomic mass is 79.9. The Kier molecular flexibility index (Phi) is 10.7. The minimum absolute atomic E-state index is 0.0782. The molecular formula is C31H38BrN3O6S. The first-order valence-electron chi connectivity index (χ1n) is 13.3. The highest BCUT2D eigenvalue weighted by Gasteiger charge is 2.33. The third kappa shape index (κ3) is 8.25. The minimum Gasteiger partial charge on any atom is -0.493 e. The van der Waals surface area contributed by atoms with E-state index in [1.54, 1.807) is 31.2 Å². The van der Waals surface area contributed by atoms with Gasteiger partial charge < -0.3 is 19.7 Å². The lowest BCUT2D eigenvalue weighted by atomic mass is 10.1. The van der Waals surface area contributed by atoms with Gasteiger partial charge in [0.25, 0.3) is 10.0 Å². The first kappa shape index (κ1) is 32.9. The molecule has 0 unspecified atom stereocenters. The number of hydrogen-bond acceptors (Lipinski definition) is 6. The van der Waals surface area contributed by atoms with Gasteiger partial charge in [-0.3, -0.25) is 13.9 Å². The Morgan fingerprint density at radius 3 is 2.17 bits per heavy atom. The largest absolute Gasteiger partial charge is 0.493 e. The van der Waals surface area contributed by atoms with Gasteiger partial charge in [-0.15, -0.1) is 0 Å². The fraction of sp³-hybridized carbons (Fsp3) is 0.355. The number of methoxy groups -OCH3 is 2. The van der Waals surface area contributed by atoms with Crippen molar-refractivity contribution in [3.63, 3.8) is 0 Å². The summed E-state index contributed by atoms with van der Waals surface area (Å²) in [5.41, 5.74) is 1.48. The third-order valence-corrected chi connectivity index (χ3v) is 8.71. The molecule has 0 radical (unpaired) electrons. The number of halogens is 1. The van der Waals surface area contributed by atoms with Gasteiger partial charge in [0.15, 0.2) is 11.5 Å². The number of amides is 2.